The predicted molar refractivity (Wildman–Crippen MR) is 57.0 cm³/mol. The van der Waals surface area contributed by atoms with Crippen molar-refractivity contribution in [2.24, 2.45) is 0 Å². The molecule has 0 amide bonds. The average molecular weight is 226 g/mol. The summed E-state index contributed by atoms with van der Waals surface area (Å²) < 4.78 is 5.75. The first kappa shape index (κ1) is 9.36. The Morgan fingerprint density at radius 3 is 3.07 bits per heavy atom. The van der Waals surface area contributed by atoms with Gasteiger partial charge in [0.2, 0.25) is 0 Å². The van der Waals surface area contributed by atoms with Crippen LogP contribution >= 0.6 is 11.6 Å². The van der Waals surface area contributed by atoms with E-state index >= 15 is 0 Å². The van der Waals surface area contributed by atoms with E-state index < -0.39 is 0 Å². The summed E-state index contributed by atoms with van der Waals surface area (Å²) in [6.45, 7) is 0. The van der Waals surface area contributed by atoms with Crippen molar-refractivity contribution in [1.29, 1.82) is 0 Å². The van der Waals surface area contributed by atoms with Crippen molar-refractivity contribution in [3.05, 3.63) is 17.5 Å². The normalized spacial score (nSPS) is 33.3. The smallest absolute Gasteiger partial charge is 0.148 e. The predicted octanol–water partition coefficient (Wildman–Crippen LogP) is 1.86. The molecule has 1 aromatic rings. The molecule has 15 heavy (non-hydrogen) atoms. The maximum atomic E-state index is 5.98. The summed E-state index contributed by atoms with van der Waals surface area (Å²) in [5, 5.41) is 3.90. The average Bonchev–Trinajstić information content (AvgIpc) is 2.83. The fourth-order valence-electron chi connectivity index (χ4n) is 2.38. The van der Waals surface area contributed by atoms with Gasteiger partial charge in [0.15, 0.2) is 0 Å². The van der Waals surface area contributed by atoms with Gasteiger partial charge in [-0.1, -0.05) is 11.6 Å². The Labute approximate surface area is 93.0 Å². The minimum atomic E-state index is 0.334. The summed E-state index contributed by atoms with van der Waals surface area (Å²) in [5.74, 6) is 0.716. The highest BCUT2D eigenvalue weighted by molar-refractivity contribution is 6.32. The molecule has 0 saturated carbocycles. The lowest BCUT2D eigenvalue weighted by molar-refractivity contribution is 0.102. The number of aromatic nitrogens is 2. The lowest BCUT2D eigenvalue weighted by Gasteiger charge is -2.20. The maximum absolute atomic E-state index is 5.98. The quantitative estimate of drug-likeness (QED) is 0.835. The molecule has 0 radical (unpaired) electrons. The number of ether oxygens (including phenoxy) is 1. The Kier molecular flexibility index (Phi) is 2.25. The van der Waals surface area contributed by atoms with Crippen LogP contribution in [0.4, 0.5) is 5.82 Å². The van der Waals surface area contributed by atoms with E-state index in [1.807, 2.05) is 0 Å². The molecule has 0 aromatic carbocycles. The zero-order valence-electron chi connectivity index (χ0n) is 8.19. The fourth-order valence-corrected chi connectivity index (χ4v) is 2.54. The van der Waals surface area contributed by atoms with Gasteiger partial charge in [0.1, 0.15) is 17.2 Å². The van der Waals surface area contributed by atoms with Crippen molar-refractivity contribution in [1.82, 2.24) is 9.97 Å². The molecular formula is C10H12ClN3O. The van der Waals surface area contributed by atoms with Crippen LogP contribution in [0.5, 0.6) is 0 Å². The summed E-state index contributed by atoms with van der Waals surface area (Å²) >= 11 is 5.98. The van der Waals surface area contributed by atoms with Crippen LogP contribution in [0.3, 0.4) is 0 Å². The van der Waals surface area contributed by atoms with E-state index in [2.05, 4.69) is 15.3 Å². The third-order valence-electron chi connectivity index (χ3n) is 3.10. The Hall–Kier alpha value is -0.870. The molecule has 2 saturated heterocycles. The van der Waals surface area contributed by atoms with Crippen LogP contribution in [0.2, 0.25) is 5.02 Å². The number of nitrogens with one attached hydrogen (secondary N) is 1. The molecule has 80 valence electrons. The summed E-state index contributed by atoms with van der Waals surface area (Å²) in [5.41, 5.74) is 0. The third kappa shape index (κ3) is 1.68. The van der Waals surface area contributed by atoms with Gasteiger partial charge in [-0.2, -0.15) is 0 Å². The third-order valence-corrected chi connectivity index (χ3v) is 3.37. The number of nitrogens with zero attached hydrogens (tertiary/aromatic N) is 2. The Balaban J connectivity index is 1.73. The van der Waals surface area contributed by atoms with E-state index in [1.165, 1.54) is 12.7 Å². The van der Waals surface area contributed by atoms with Crippen LogP contribution in [-0.2, 0) is 4.74 Å². The van der Waals surface area contributed by atoms with Gasteiger partial charge in [0.25, 0.3) is 0 Å². The molecular weight excluding hydrogens is 214 g/mol. The van der Waals surface area contributed by atoms with Gasteiger partial charge in [-0.05, 0) is 19.3 Å². The van der Waals surface area contributed by atoms with Gasteiger partial charge in [-0.3, -0.25) is 0 Å². The molecule has 1 N–H and O–H groups in total. The first-order chi connectivity index (χ1) is 7.33. The largest absolute Gasteiger partial charge is 0.373 e. The van der Waals surface area contributed by atoms with Crippen molar-refractivity contribution < 1.29 is 4.74 Å². The monoisotopic (exact) mass is 225 g/mol. The number of rotatable bonds is 2. The highest BCUT2D eigenvalue weighted by Crippen LogP contribution is 2.36. The van der Waals surface area contributed by atoms with E-state index in [0.717, 1.165) is 12.8 Å². The lowest BCUT2D eigenvalue weighted by Crippen LogP contribution is -2.30. The minimum Gasteiger partial charge on any atom is -0.373 e. The number of hydrogen-bond acceptors (Lipinski definition) is 4. The van der Waals surface area contributed by atoms with Gasteiger partial charge >= 0.3 is 0 Å². The zero-order valence-corrected chi connectivity index (χ0v) is 8.94. The van der Waals surface area contributed by atoms with Gasteiger partial charge in [0, 0.05) is 0 Å². The van der Waals surface area contributed by atoms with Crippen molar-refractivity contribution >= 4 is 17.4 Å². The Bertz CT molecular complexity index is 373. The summed E-state index contributed by atoms with van der Waals surface area (Å²) in [6.07, 6.45) is 7.28. The molecule has 3 rings (SSSR count). The number of fused-ring (bicyclic) bond motifs is 2. The molecule has 2 fully saturated rings. The number of anilines is 1. The second kappa shape index (κ2) is 3.61. The summed E-state index contributed by atoms with van der Waals surface area (Å²) in [4.78, 5) is 7.97. The highest BCUT2D eigenvalue weighted by Gasteiger charge is 2.40. The van der Waals surface area contributed by atoms with Crippen LogP contribution in [0.15, 0.2) is 12.5 Å². The summed E-state index contributed by atoms with van der Waals surface area (Å²) in [6, 6.07) is 0.358. The molecule has 0 spiro atoms. The Morgan fingerprint density at radius 1 is 1.47 bits per heavy atom. The van der Waals surface area contributed by atoms with Crippen molar-refractivity contribution in [2.45, 2.75) is 37.5 Å². The SMILES string of the molecule is Clc1cncnc1NC1CC2CCC1O2. The maximum Gasteiger partial charge on any atom is 0.148 e. The topological polar surface area (TPSA) is 47.0 Å². The fraction of sp³-hybridized carbons (Fsp3) is 0.600. The zero-order chi connectivity index (χ0) is 10.3. The molecule has 5 heteroatoms. The van der Waals surface area contributed by atoms with Crippen LogP contribution < -0.4 is 5.32 Å². The van der Waals surface area contributed by atoms with Gasteiger partial charge in [0.05, 0.1) is 24.4 Å². The first-order valence-electron chi connectivity index (χ1n) is 5.20. The minimum absolute atomic E-state index is 0.334. The van der Waals surface area contributed by atoms with Crippen molar-refractivity contribution in [2.75, 3.05) is 5.32 Å². The number of hydrogen-bond donors (Lipinski definition) is 1. The van der Waals surface area contributed by atoms with E-state index in [0.29, 0.717) is 29.1 Å². The molecule has 3 atom stereocenters. The van der Waals surface area contributed by atoms with Gasteiger partial charge in [-0.15, -0.1) is 0 Å². The molecule has 3 unspecified atom stereocenters. The Morgan fingerprint density at radius 2 is 2.40 bits per heavy atom. The molecule has 2 bridgehead atoms. The van der Waals surface area contributed by atoms with Crippen molar-refractivity contribution in [3.63, 3.8) is 0 Å². The van der Waals surface area contributed by atoms with Crippen molar-refractivity contribution in [3.8, 4) is 0 Å². The van der Waals surface area contributed by atoms with E-state index in [1.54, 1.807) is 6.20 Å². The standard InChI is InChI=1S/C10H12ClN3O/c11-7-4-12-5-13-10(7)14-8-3-6-1-2-9(8)15-6/h4-6,8-9H,1-3H2,(H,12,13,14). The molecule has 2 aliphatic heterocycles. The van der Waals surface area contributed by atoms with Crippen LogP contribution in [0.1, 0.15) is 19.3 Å². The van der Waals surface area contributed by atoms with E-state index in [4.69, 9.17) is 16.3 Å². The lowest BCUT2D eigenvalue weighted by atomic mass is 9.95. The van der Waals surface area contributed by atoms with Gasteiger partial charge in [-0.25, -0.2) is 9.97 Å². The molecule has 0 aliphatic carbocycles. The first-order valence-corrected chi connectivity index (χ1v) is 5.58. The molecule has 4 nitrogen and oxygen atoms in total. The van der Waals surface area contributed by atoms with Crippen LogP contribution in [0.25, 0.3) is 0 Å². The summed E-state index contributed by atoms with van der Waals surface area (Å²) in [7, 11) is 0. The molecule has 1 aromatic heterocycles. The van der Waals surface area contributed by atoms with Crippen LogP contribution in [0, 0.1) is 0 Å². The second-order valence-electron chi connectivity index (χ2n) is 4.08. The van der Waals surface area contributed by atoms with Crippen LogP contribution in [-0.4, -0.2) is 28.2 Å². The van der Waals surface area contributed by atoms with E-state index in [9.17, 15) is 0 Å². The van der Waals surface area contributed by atoms with Gasteiger partial charge < -0.3 is 10.1 Å². The number of halogens is 1. The molecule has 2 aliphatic rings. The molecule has 3 heterocycles. The van der Waals surface area contributed by atoms with E-state index in [-0.39, 0.29) is 0 Å². The second-order valence-corrected chi connectivity index (χ2v) is 4.49. The highest BCUT2D eigenvalue weighted by atomic mass is 35.5.